The molecule has 3 heterocycles. The monoisotopic (exact) mass is 427 g/mol. The van der Waals surface area contributed by atoms with Crippen LogP contribution in [0.4, 0.5) is 11.5 Å². The zero-order valence-corrected chi connectivity index (χ0v) is 17.2. The minimum Gasteiger partial charge on any atom is -0.482 e. The molecule has 5 rings (SSSR count). The van der Waals surface area contributed by atoms with Gasteiger partial charge in [-0.3, -0.25) is 4.79 Å². The van der Waals surface area contributed by atoms with E-state index in [1.165, 1.54) is 18.2 Å². The standard InChI is InChI=1S/C20H21N5O4S/c1-23-8-10-24(11-9-23)20-15-4-2-3-5-17(15)25(22-20)30(27,28)14-6-7-16-18(12-14)29-13-19(26)21-16/h2-7,12H,8-11,13H2,1H3,(H,21,26). The number of ether oxygens (including phenoxy) is 1. The SMILES string of the molecule is CN1CCN(c2nn(S(=O)(=O)c3ccc4c(c3)OCC(=O)N4)c3ccccc23)CC1. The van der Waals surface area contributed by atoms with Crippen LogP contribution in [0.2, 0.25) is 0 Å². The summed E-state index contributed by atoms with van der Waals surface area (Å²) in [7, 11) is -1.90. The second-order valence-electron chi connectivity index (χ2n) is 7.47. The van der Waals surface area contributed by atoms with Gasteiger partial charge in [-0.25, -0.2) is 0 Å². The lowest BCUT2D eigenvalue weighted by Crippen LogP contribution is -2.44. The van der Waals surface area contributed by atoms with Gasteiger partial charge in [-0.2, -0.15) is 12.5 Å². The van der Waals surface area contributed by atoms with E-state index in [-0.39, 0.29) is 17.4 Å². The average molecular weight is 427 g/mol. The Balaban J connectivity index is 1.60. The first-order valence-electron chi connectivity index (χ1n) is 9.67. The highest BCUT2D eigenvalue weighted by atomic mass is 32.2. The molecule has 2 aliphatic rings. The third-order valence-electron chi connectivity index (χ3n) is 5.45. The van der Waals surface area contributed by atoms with Crippen molar-refractivity contribution in [2.75, 3.05) is 50.1 Å². The van der Waals surface area contributed by atoms with Gasteiger partial charge in [0.25, 0.3) is 15.9 Å². The lowest BCUT2D eigenvalue weighted by Gasteiger charge is -2.32. The average Bonchev–Trinajstić information content (AvgIpc) is 3.14. The summed E-state index contributed by atoms with van der Waals surface area (Å²) in [5.41, 5.74) is 0.979. The summed E-state index contributed by atoms with van der Waals surface area (Å²) in [5.74, 6) is 0.725. The number of nitrogens with zero attached hydrogens (tertiary/aromatic N) is 4. The second-order valence-corrected chi connectivity index (χ2v) is 9.24. The maximum atomic E-state index is 13.5. The highest BCUT2D eigenvalue weighted by Crippen LogP contribution is 2.33. The smallest absolute Gasteiger partial charge is 0.283 e. The van der Waals surface area contributed by atoms with Gasteiger partial charge in [0, 0.05) is 37.6 Å². The maximum Gasteiger partial charge on any atom is 0.283 e. The molecule has 0 radical (unpaired) electrons. The van der Waals surface area contributed by atoms with E-state index in [4.69, 9.17) is 4.74 Å². The molecule has 0 bridgehead atoms. The number of nitrogens with one attached hydrogen (secondary N) is 1. The van der Waals surface area contributed by atoms with Gasteiger partial charge < -0.3 is 19.9 Å². The predicted molar refractivity (Wildman–Crippen MR) is 113 cm³/mol. The van der Waals surface area contributed by atoms with E-state index in [2.05, 4.69) is 27.3 Å². The molecule has 3 aromatic rings. The molecule has 0 spiro atoms. The van der Waals surface area contributed by atoms with Crippen molar-refractivity contribution in [3.8, 4) is 5.75 Å². The van der Waals surface area contributed by atoms with E-state index in [0.29, 0.717) is 22.8 Å². The number of hydrogen-bond donors (Lipinski definition) is 1. The van der Waals surface area contributed by atoms with Crippen molar-refractivity contribution in [2.24, 2.45) is 0 Å². The molecule has 1 fully saturated rings. The molecule has 1 N–H and O–H groups in total. The minimum absolute atomic E-state index is 0.0515. The highest BCUT2D eigenvalue weighted by molar-refractivity contribution is 7.90. The van der Waals surface area contributed by atoms with Crippen LogP contribution in [-0.2, 0) is 14.8 Å². The normalized spacial score (nSPS) is 17.5. The van der Waals surface area contributed by atoms with Gasteiger partial charge in [0.1, 0.15) is 5.75 Å². The van der Waals surface area contributed by atoms with Crippen LogP contribution in [0.15, 0.2) is 47.4 Å². The predicted octanol–water partition coefficient (Wildman–Crippen LogP) is 1.36. The lowest BCUT2D eigenvalue weighted by atomic mass is 10.2. The van der Waals surface area contributed by atoms with E-state index in [0.717, 1.165) is 35.7 Å². The molecule has 0 atom stereocenters. The van der Waals surface area contributed by atoms with Crippen LogP contribution in [-0.4, -0.2) is 68.2 Å². The van der Waals surface area contributed by atoms with Gasteiger partial charge in [-0.05, 0) is 31.3 Å². The Labute approximate surface area is 173 Å². The third-order valence-corrected chi connectivity index (χ3v) is 7.03. The number of fused-ring (bicyclic) bond motifs is 2. The quantitative estimate of drug-likeness (QED) is 0.674. The van der Waals surface area contributed by atoms with Gasteiger partial charge in [0.05, 0.1) is 16.1 Å². The number of rotatable bonds is 3. The molecule has 2 aliphatic heterocycles. The van der Waals surface area contributed by atoms with Crippen LogP contribution in [0.5, 0.6) is 5.75 Å². The number of hydrogen-bond acceptors (Lipinski definition) is 7. The molecule has 2 aromatic carbocycles. The number of aromatic nitrogens is 2. The first kappa shape index (κ1) is 18.9. The summed E-state index contributed by atoms with van der Waals surface area (Å²) < 4.78 is 33.4. The number of para-hydroxylation sites is 1. The third kappa shape index (κ3) is 3.08. The van der Waals surface area contributed by atoms with Crippen LogP contribution >= 0.6 is 0 Å². The van der Waals surface area contributed by atoms with Gasteiger partial charge in [-0.1, -0.05) is 12.1 Å². The summed E-state index contributed by atoms with van der Waals surface area (Å²) in [6.07, 6.45) is 0. The van der Waals surface area contributed by atoms with E-state index in [9.17, 15) is 13.2 Å². The number of carbonyl (C=O) groups is 1. The summed E-state index contributed by atoms with van der Waals surface area (Å²) in [6, 6.07) is 11.8. The van der Waals surface area contributed by atoms with Gasteiger partial charge >= 0.3 is 0 Å². The van der Waals surface area contributed by atoms with Gasteiger partial charge in [-0.15, -0.1) is 5.10 Å². The number of likely N-dealkylation sites (N-methyl/N-ethyl adjacent to an activating group) is 1. The molecule has 1 saturated heterocycles. The summed E-state index contributed by atoms with van der Waals surface area (Å²) >= 11 is 0. The van der Waals surface area contributed by atoms with Crippen LogP contribution < -0.4 is 15.0 Å². The van der Waals surface area contributed by atoms with Crippen LogP contribution in [0.3, 0.4) is 0 Å². The second kappa shape index (κ2) is 6.99. The number of carbonyl (C=O) groups excluding carboxylic acids is 1. The maximum absolute atomic E-state index is 13.5. The fourth-order valence-corrected chi connectivity index (χ4v) is 5.07. The minimum atomic E-state index is -3.97. The zero-order chi connectivity index (χ0) is 20.9. The molecule has 10 heteroatoms. The van der Waals surface area contributed by atoms with Crippen molar-refractivity contribution in [3.63, 3.8) is 0 Å². The van der Waals surface area contributed by atoms with E-state index >= 15 is 0 Å². The molecule has 0 saturated carbocycles. The van der Waals surface area contributed by atoms with E-state index in [1.807, 2.05) is 12.1 Å². The Hall–Kier alpha value is -3.11. The first-order valence-corrected chi connectivity index (χ1v) is 11.1. The van der Waals surface area contributed by atoms with Crippen molar-refractivity contribution in [1.29, 1.82) is 0 Å². The van der Waals surface area contributed by atoms with Crippen molar-refractivity contribution in [3.05, 3.63) is 42.5 Å². The first-order chi connectivity index (χ1) is 14.4. The number of piperazine rings is 1. The summed E-state index contributed by atoms with van der Waals surface area (Å²) in [6.45, 7) is 3.20. The fourth-order valence-electron chi connectivity index (χ4n) is 3.77. The Morgan fingerprint density at radius 3 is 2.63 bits per heavy atom. The molecule has 156 valence electrons. The largest absolute Gasteiger partial charge is 0.482 e. The van der Waals surface area contributed by atoms with Gasteiger partial charge in [0.15, 0.2) is 12.4 Å². The van der Waals surface area contributed by atoms with Gasteiger partial charge in [0.2, 0.25) is 0 Å². The molecule has 0 aliphatic carbocycles. The Morgan fingerprint density at radius 2 is 1.83 bits per heavy atom. The molecule has 30 heavy (non-hydrogen) atoms. The topological polar surface area (TPSA) is 96.8 Å². The van der Waals surface area contributed by atoms with Crippen LogP contribution in [0.25, 0.3) is 10.9 Å². The highest BCUT2D eigenvalue weighted by Gasteiger charge is 2.28. The lowest BCUT2D eigenvalue weighted by molar-refractivity contribution is -0.118. The van der Waals surface area contributed by atoms with Crippen molar-refractivity contribution < 1.29 is 17.9 Å². The number of anilines is 2. The summed E-state index contributed by atoms with van der Waals surface area (Å²) in [5, 5.41) is 8.00. The molecule has 1 amide bonds. The molecule has 1 aromatic heterocycles. The molecule has 0 unspecified atom stereocenters. The fraction of sp³-hybridized carbons (Fsp3) is 0.300. The molecular weight excluding hydrogens is 406 g/mol. The van der Waals surface area contributed by atoms with E-state index in [1.54, 1.807) is 12.1 Å². The molecule has 9 nitrogen and oxygen atoms in total. The van der Waals surface area contributed by atoms with Crippen molar-refractivity contribution in [2.45, 2.75) is 4.90 Å². The Bertz CT molecular complexity index is 1250. The van der Waals surface area contributed by atoms with E-state index < -0.39 is 10.0 Å². The Kier molecular flexibility index (Phi) is 4.40. The number of amides is 1. The number of benzene rings is 2. The van der Waals surface area contributed by atoms with Crippen molar-refractivity contribution in [1.82, 2.24) is 14.1 Å². The molecular formula is C20H21N5O4S. The zero-order valence-electron chi connectivity index (χ0n) is 16.4. The summed E-state index contributed by atoms with van der Waals surface area (Å²) in [4.78, 5) is 15.9. The van der Waals surface area contributed by atoms with Crippen LogP contribution in [0, 0.1) is 0 Å². The van der Waals surface area contributed by atoms with Crippen molar-refractivity contribution >= 4 is 38.3 Å². The Morgan fingerprint density at radius 1 is 1.07 bits per heavy atom. The van der Waals surface area contributed by atoms with Crippen LogP contribution in [0.1, 0.15) is 0 Å².